The fraction of sp³-hybridized carbons (Fsp3) is 0.812. The number of aliphatic hydroxyl groups excluding tert-OH is 1. The second-order valence-electron chi connectivity index (χ2n) is 6.40. The van der Waals surface area contributed by atoms with Crippen molar-refractivity contribution in [2.24, 2.45) is 5.92 Å². The molecule has 4 nitrogen and oxygen atoms in total. The first-order valence-electron chi connectivity index (χ1n) is 8.33. The first-order valence-corrected chi connectivity index (χ1v) is 8.33. The van der Waals surface area contributed by atoms with Gasteiger partial charge in [0.05, 0.1) is 0 Å². The van der Waals surface area contributed by atoms with Gasteiger partial charge in [0.25, 0.3) is 0 Å². The second-order valence-corrected chi connectivity index (χ2v) is 6.40. The van der Waals surface area contributed by atoms with E-state index in [9.17, 15) is 23.1 Å². The number of nitrogens with zero attached hydrogens (tertiary/aromatic N) is 1. The number of alkyl halides is 3. The summed E-state index contributed by atoms with van der Waals surface area (Å²) in [6.45, 7) is 1.08. The van der Waals surface area contributed by atoms with Crippen molar-refractivity contribution >= 4 is 6.03 Å². The largest absolute Gasteiger partial charge is 0.414 e. The molecule has 7 heteroatoms. The average Bonchev–Trinajstić information content (AvgIpc) is 2.54. The SMILES string of the molecule is O=C(NCCC1=CCCCC1)N1CCC(C(O)C(F)(F)F)CC1. The van der Waals surface area contributed by atoms with Gasteiger partial charge < -0.3 is 15.3 Å². The standard InChI is InChI=1S/C16H25F3N2O2/c17-16(18,19)14(22)13-7-10-21(11-8-13)15(23)20-9-6-12-4-2-1-3-5-12/h4,13-14,22H,1-3,5-11H2,(H,20,23). The molecule has 0 bridgehead atoms. The molecule has 2 aliphatic rings. The summed E-state index contributed by atoms with van der Waals surface area (Å²) < 4.78 is 37.5. The number of urea groups is 1. The lowest BCUT2D eigenvalue weighted by atomic mass is 9.91. The molecule has 2 rings (SSSR count). The van der Waals surface area contributed by atoms with Crippen molar-refractivity contribution < 1.29 is 23.1 Å². The maximum absolute atomic E-state index is 12.5. The van der Waals surface area contributed by atoms with E-state index in [1.54, 1.807) is 0 Å². The molecule has 0 spiro atoms. The maximum atomic E-state index is 12.5. The molecule has 0 aromatic carbocycles. The van der Waals surface area contributed by atoms with Crippen LogP contribution in [0.5, 0.6) is 0 Å². The number of hydrogen-bond acceptors (Lipinski definition) is 2. The molecule has 2 N–H and O–H groups in total. The highest BCUT2D eigenvalue weighted by Crippen LogP contribution is 2.31. The van der Waals surface area contributed by atoms with Gasteiger partial charge in [-0.05, 0) is 50.9 Å². The summed E-state index contributed by atoms with van der Waals surface area (Å²) in [7, 11) is 0. The first kappa shape index (κ1) is 18.1. The molecule has 1 fully saturated rings. The van der Waals surface area contributed by atoms with Gasteiger partial charge in [0.2, 0.25) is 0 Å². The Labute approximate surface area is 134 Å². The number of halogens is 3. The molecule has 0 radical (unpaired) electrons. The quantitative estimate of drug-likeness (QED) is 0.776. The predicted molar refractivity (Wildman–Crippen MR) is 80.9 cm³/mol. The molecule has 1 atom stereocenters. The summed E-state index contributed by atoms with van der Waals surface area (Å²) in [5.74, 6) is -0.813. The fourth-order valence-corrected chi connectivity index (χ4v) is 3.26. The van der Waals surface area contributed by atoms with Gasteiger partial charge in [-0.3, -0.25) is 0 Å². The van der Waals surface area contributed by atoms with Crippen LogP contribution in [0.15, 0.2) is 11.6 Å². The summed E-state index contributed by atoms with van der Waals surface area (Å²) in [5, 5.41) is 12.1. The molecule has 1 aliphatic carbocycles. The Morgan fingerprint density at radius 2 is 2.04 bits per heavy atom. The van der Waals surface area contributed by atoms with E-state index in [2.05, 4.69) is 11.4 Å². The van der Waals surface area contributed by atoms with E-state index in [4.69, 9.17) is 0 Å². The predicted octanol–water partition coefficient (Wildman–Crippen LogP) is 3.22. The lowest BCUT2D eigenvalue weighted by molar-refractivity contribution is -0.222. The molecule has 1 saturated heterocycles. The number of hydrogen-bond donors (Lipinski definition) is 2. The minimum absolute atomic E-state index is 0.180. The lowest BCUT2D eigenvalue weighted by Crippen LogP contribution is -2.48. The smallest absolute Gasteiger partial charge is 0.383 e. The molecule has 2 amide bonds. The topological polar surface area (TPSA) is 52.6 Å². The third kappa shape index (κ3) is 5.41. The Morgan fingerprint density at radius 3 is 2.61 bits per heavy atom. The van der Waals surface area contributed by atoms with Crippen molar-refractivity contribution in [3.63, 3.8) is 0 Å². The number of piperidine rings is 1. The van der Waals surface area contributed by atoms with Crippen molar-refractivity contribution in [1.29, 1.82) is 0 Å². The second kappa shape index (κ2) is 8.04. The highest BCUT2D eigenvalue weighted by atomic mass is 19.4. The molecule has 23 heavy (non-hydrogen) atoms. The maximum Gasteiger partial charge on any atom is 0.414 e. The zero-order valence-electron chi connectivity index (χ0n) is 13.2. The summed E-state index contributed by atoms with van der Waals surface area (Å²) in [6.07, 6.45) is 1.21. The van der Waals surface area contributed by atoms with Crippen molar-refractivity contribution in [2.75, 3.05) is 19.6 Å². The Kier molecular flexibility index (Phi) is 6.33. The van der Waals surface area contributed by atoms with Crippen LogP contribution in [-0.4, -0.2) is 48.0 Å². The Bertz CT molecular complexity index is 430. The normalized spacial score (nSPS) is 21.7. The van der Waals surface area contributed by atoms with Crippen molar-refractivity contribution in [1.82, 2.24) is 10.2 Å². The molecule has 1 unspecified atom stereocenters. The van der Waals surface area contributed by atoms with E-state index in [0.717, 1.165) is 19.3 Å². The van der Waals surface area contributed by atoms with Crippen LogP contribution in [-0.2, 0) is 0 Å². The van der Waals surface area contributed by atoms with E-state index in [0.29, 0.717) is 6.54 Å². The van der Waals surface area contributed by atoms with Crippen LogP contribution in [0.25, 0.3) is 0 Å². The summed E-state index contributed by atoms with van der Waals surface area (Å²) >= 11 is 0. The van der Waals surface area contributed by atoms with Crippen LogP contribution in [0.1, 0.15) is 44.9 Å². The molecular weight excluding hydrogens is 309 g/mol. The summed E-state index contributed by atoms with van der Waals surface area (Å²) in [5.41, 5.74) is 1.38. The minimum Gasteiger partial charge on any atom is -0.383 e. The van der Waals surface area contributed by atoms with Crippen molar-refractivity contribution in [3.8, 4) is 0 Å². The van der Waals surface area contributed by atoms with E-state index in [1.165, 1.54) is 23.3 Å². The van der Waals surface area contributed by atoms with E-state index >= 15 is 0 Å². The third-order valence-corrected chi connectivity index (χ3v) is 4.72. The van der Waals surface area contributed by atoms with E-state index in [1.807, 2.05) is 0 Å². The summed E-state index contributed by atoms with van der Waals surface area (Å²) in [6, 6.07) is -0.221. The summed E-state index contributed by atoms with van der Waals surface area (Å²) in [4.78, 5) is 13.6. The van der Waals surface area contributed by atoms with Gasteiger partial charge in [0, 0.05) is 19.6 Å². The number of rotatable bonds is 4. The first-order chi connectivity index (χ1) is 10.9. The lowest BCUT2D eigenvalue weighted by Gasteiger charge is -2.34. The molecule has 1 heterocycles. The zero-order valence-corrected chi connectivity index (χ0v) is 13.2. The number of carbonyl (C=O) groups excluding carboxylic acids is 1. The van der Waals surface area contributed by atoms with Gasteiger partial charge in [-0.1, -0.05) is 11.6 Å². The Morgan fingerprint density at radius 1 is 1.35 bits per heavy atom. The average molecular weight is 334 g/mol. The molecular formula is C16H25F3N2O2. The Hall–Kier alpha value is -1.24. The third-order valence-electron chi connectivity index (χ3n) is 4.72. The number of allylic oxidation sites excluding steroid dienone is 1. The highest BCUT2D eigenvalue weighted by Gasteiger charge is 2.44. The zero-order chi connectivity index (χ0) is 16.9. The molecule has 1 aliphatic heterocycles. The van der Waals surface area contributed by atoms with Crippen molar-refractivity contribution in [3.05, 3.63) is 11.6 Å². The van der Waals surface area contributed by atoms with Crippen LogP contribution in [0.4, 0.5) is 18.0 Å². The van der Waals surface area contributed by atoms with Crippen molar-refractivity contribution in [2.45, 2.75) is 57.2 Å². The number of amides is 2. The highest BCUT2D eigenvalue weighted by molar-refractivity contribution is 5.74. The number of carbonyl (C=O) groups is 1. The van der Waals surface area contributed by atoms with Gasteiger partial charge >= 0.3 is 12.2 Å². The van der Waals surface area contributed by atoms with Gasteiger partial charge in [-0.15, -0.1) is 0 Å². The number of nitrogens with one attached hydrogen (secondary N) is 1. The van der Waals surface area contributed by atoms with Gasteiger partial charge in [-0.25, -0.2) is 4.79 Å². The van der Waals surface area contributed by atoms with Crippen LogP contribution >= 0.6 is 0 Å². The Balaban J connectivity index is 1.68. The van der Waals surface area contributed by atoms with E-state index in [-0.39, 0.29) is 32.0 Å². The van der Waals surface area contributed by atoms with E-state index < -0.39 is 18.2 Å². The minimum atomic E-state index is -4.58. The van der Waals surface area contributed by atoms with Gasteiger partial charge in [0.1, 0.15) is 0 Å². The number of aliphatic hydroxyl groups is 1. The van der Waals surface area contributed by atoms with Crippen LogP contribution in [0, 0.1) is 5.92 Å². The number of likely N-dealkylation sites (tertiary alicyclic amines) is 1. The fourth-order valence-electron chi connectivity index (χ4n) is 3.26. The monoisotopic (exact) mass is 334 g/mol. The van der Waals surface area contributed by atoms with Gasteiger partial charge in [-0.2, -0.15) is 13.2 Å². The molecule has 0 aromatic rings. The molecule has 0 aromatic heterocycles. The van der Waals surface area contributed by atoms with Crippen LogP contribution in [0.2, 0.25) is 0 Å². The molecule has 132 valence electrons. The van der Waals surface area contributed by atoms with Crippen LogP contribution < -0.4 is 5.32 Å². The molecule has 0 saturated carbocycles. The van der Waals surface area contributed by atoms with Gasteiger partial charge in [0.15, 0.2) is 6.10 Å². The van der Waals surface area contributed by atoms with Crippen LogP contribution in [0.3, 0.4) is 0 Å².